The summed E-state index contributed by atoms with van der Waals surface area (Å²) in [6, 6.07) is 4.23. The normalized spacial score (nSPS) is 16.0. The number of hydrogen-bond donors (Lipinski definition) is 1. The molecule has 0 aliphatic carbocycles. The molecule has 0 aromatic heterocycles. The van der Waals surface area contributed by atoms with Crippen molar-refractivity contribution < 1.29 is 18.7 Å². The molecule has 0 radical (unpaired) electrons. The molecule has 1 atom stereocenters. The first-order valence-electron chi connectivity index (χ1n) is 6.92. The Hall–Kier alpha value is -2.11. The lowest BCUT2D eigenvalue weighted by molar-refractivity contribution is -0.133. The first kappa shape index (κ1) is 15.3. The SMILES string of the molecule is COc1ccc([C@H](C)NC(=O)CN2CCCC2=O)cc1F. The average Bonchev–Trinajstić information content (AvgIpc) is 2.84. The lowest BCUT2D eigenvalue weighted by Gasteiger charge is -2.19. The Morgan fingerprint density at radius 1 is 1.52 bits per heavy atom. The zero-order valence-corrected chi connectivity index (χ0v) is 12.2. The van der Waals surface area contributed by atoms with Gasteiger partial charge in [-0.1, -0.05) is 6.07 Å². The van der Waals surface area contributed by atoms with E-state index in [0.29, 0.717) is 18.5 Å². The second-order valence-corrected chi connectivity index (χ2v) is 5.10. The van der Waals surface area contributed by atoms with Crippen molar-refractivity contribution in [1.82, 2.24) is 10.2 Å². The molecular formula is C15H19FN2O3. The van der Waals surface area contributed by atoms with Gasteiger partial charge in [0.15, 0.2) is 11.6 Å². The van der Waals surface area contributed by atoms with Crippen molar-refractivity contribution in [2.24, 2.45) is 0 Å². The first-order chi connectivity index (χ1) is 10.0. The number of nitrogens with one attached hydrogen (secondary N) is 1. The molecule has 1 aliphatic heterocycles. The number of likely N-dealkylation sites (tertiary alicyclic amines) is 1. The Balaban J connectivity index is 1.94. The Bertz CT molecular complexity index is 548. The van der Waals surface area contributed by atoms with Gasteiger partial charge in [-0.2, -0.15) is 0 Å². The lowest BCUT2D eigenvalue weighted by atomic mass is 10.1. The minimum absolute atomic E-state index is 0.00768. The highest BCUT2D eigenvalue weighted by Gasteiger charge is 2.23. The van der Waals surface area contributed by atoms with Crippen LogP contribution in [0.1, 0.15) is 31.4 Å². The third-order valence-electron chi connectivity index (χ3n) is 3.56. The molecular weight excluding hydrogens is 275 g/mol. The quantitative estimate of drug-likeness (QED) is 0.898. The number of halogens is 1. The van der Waals surface area contributed by atoms with Gasteiger partial charge in [0, 0.05) is 13.0 Å². The molecule has 1 saturated heterocycles. The number of benzene rings is 1. The summed E-state index contributed by atoms with van der Waals surface area (Å²) in [6.07, 6.45) is 1.30. The molecule has 0 saturated carbocycles. The first-order valence-corrected chi connectivity index (χ1v) is 6.92. The van der Waals surface area contributed by atoms with E-state index in [2.05, 4.69) is 5.32 Å². The van der Waals surface area contributed by atoms with Crippen LogP contribution in [0.25, 0.3) is 0 Å². The Morgan fingerprint density at radius 2 is 2.29 bits per heavy atom. The van der Waals surface area contributed by atoms with E-state index in [4.69, 9.17) is 4.74 Å². The van der Waals surface area contributed by atoms with E-state index >= 15 is 0 Å². The number of carbonyl (C=O) groups is 2. The van der Waals surface area contributed by atoms with Gasteiger partial charge in [0.1, 0.15) is 0 Å². The van der Waals surface area contributed by atoms with E-state index in [1.54, 1.807) is 13.0 Å². The van der Waals surface area contributed by atoms with E-state index in [1.807, 2.05) is 0 Å². The van der Waals surface area contributed by atoms with Gasteiger partial charge in [0.2, 0.25) is 11.8 Å². The van der Waals surface area contributed by atoms with Crippen LogP contribution in [0.4, 0.5) is 4.39 Å². The number of amides is 2. The summed E-state index contributed by atoms with van der Waals surface area (Å²) in [5.41, 5.74) is 0.648. The van der Waals surface area contributed by atoms with Gasteiger partial charge in [-0.25, -0.2) is 4.39 Å². The summed E-state index contributed by atoms with van der Waals surface area (Å²) in [6.45, 7) is 2.45. The molecule has 0 unspecified atom stereocenters. The fourth-order valence-corrected chi connectivity index (χ4v) is 2.37. The number of carbonyl (C=O) groups excluding carboxylic acids is 2. The summed E-state index contributed by atoms with van der Waals surface area (Å²) in [5, 5.41) is 2.77. The van der Waals surface area contributed by atoms with Crippen molar-refractivity contribution in [3.05, 3.63) is 29.6 Å². The predicted molar refractivity (Wildman–Crippen MR) is 75.3 cm³/mol. The second-order valence-electron chi connectivity index (χ2n) is 5.10. The fourth-order valence-electron chi connectivity index (χ4n) is 2.37. The zero-order chi connectivity index (χ0) is 15.4. The van der Waals surface area contributed by atoms with Crippen molar-refractivity contribution in [3.63, 3.8) is 0 Å². The molecule has 2 amide bonds. The molecule has 1 fully saturated rings. The van der Waals surface area contributed by atoms with Gasteiger partial charge >= 0.3 is 0 Å². The molecule has 2 rings (SSSR count). The minimum Gasteiger partial charge on any atom is -0.494 e. The van der Waals surface area contributed by atoms with E-state index in [0.717, 1.165) is 6.42 Å². The molecule has 1 aromatic rings. The van der Waals surface area contributed by atoms with Gasteiger partial charge in [0.05, 0.1) is 19.7 Å². The summed E-state index contributed by atoms with van der Waals surface area (Å²) in [7, 11) is 1.40. The fraction of sp³-hybridized carbons (Fsp3) is 0.467. The Labute approximate surface area is 123 Å². The molecule has 0 spiro atoms. The van der Waals surface area contributed by atoms with Crippen LogP contribution >= 0.6 is 0 Å². The highest BCUT2D eigenvalue weighted by molar-refractivity contribution is 5.86. The minimum atomic E-state index is -0.467. The van der Waals surface area contributed by atoms with Gasteiger partial charge in [-0.3, -0.25) is 9.59 Å². The standard InChI is InChI=1S/C15H19FN2O3/c1-10(11-5-6-13(21-2)12(16)8-11)17-14(19)9-18-7-3-4-15(18)20/h5-6,8,10H,3-4,7,9H2,1-2H3,(H,17,19)/t10-/m0/s1. The number of methoxy groups -OCH3 is 1. The number of rotatable bonds is 5. The largest absolute Gasteiger partial charge is 0.494 e. The van der Waals surface area contributed by atoms with Crippen LogP contribution in [0.5, 0.6) is 5.75 Å². The number of ether oxygens (including phenoxy) is 1. The maximum Gasteiger partial charge on any atom is 0.240 e. The van der Waals surface area contributed by atoms with E-state index in [-0.39, 0.29) is 30.2 Å². The maximum absolute atomic E-state index is 13.6. The third kappa shape index (κ3) is 3.71. The van der Waals surface area contributed by atoms with Gasteiger partial charge in [-0.15, -0.1) is 0 Å². The lowest BCUT2D eigenvalue weighted by Crippen LogP contribution is -2.38. The number of hydrogen-bond acceptors (Lipinski definition) is 3. The monoisotopic (exact) mass is 294 g/mol. The van der Waals surface area contributed by atoms with Crippen LogP contribution in [0, 0.1) is 5.82 Å². The molecule has 21 heavy (non-hydrogen) atoms. The van der Waals surface area contributed by atoms with Crippen LogP contribution in [-0.2, 0) is 9.59 Å². The molecule has 1 heterocycles. The zero-order valence-electron chi connectivity index (χ0n) is 12.2. The number of nitrogens with zero attached hydrogens (tertiary/aromatic N) is 1. The van der Waals surface area contributed by atoms with Crippen LogP contribution < -0.4 is 10.1 Å². The van der Waals surface area contributed by atoms with E-state index in [9.17, 15) is 14.0 Å². The highest BCUT2D eigenvalue weighted by Crippen LogP contribution is 2.21. The Kier molecular flexibility index (Phi) is 4.77. The molecule has 5 nitrogen and oxygen atoms in total. The van der Waals surface area contributed by atoms with Gasteiger partial charge < -0.3 is 15.0 Å². The van der Waals surface area contributed by atoms with Crippen molar-refractivity contribution in [1.29, 1.82) is 0 Å². The highest BCUT2D eigenvalue weighted by atomic mass is 19.1. The Morgan fingerprint density at radius 3 is 2.86 bits per heavy atom. The maximum atomic E-state index is 13.6. The van der Waals surface area contributed by atoms with Crippen molar-refractivity contribution >= 4 is 11.8 Å². The van der Waals surface area contributed by atoms with Crippen LogP contribution in [0.2, 0.25) is 0 Å². The molecule has 0 bridgehead atoms. The third-order valence-corrected chi connectivity index (χ3v) is 3.56. The molecule has 114 valence electrons. The van der Waals surface area contributed by atoms with E-state index < -0.39 is 5.82 Å². The average molecular weight is 294 g/mol. The van der Waals surface area contributed by atoms with Gasteiger partial charge in [0.25, 0.3) is 0 Å². The summed E-state index contributed by atoms with van der Waals surface area (Å²) < 4.78 is 18.5. The smallest absolute Gasteiger partial charge is 0.240 e. The predicted octanol–water partition coefficient (Wildman–Crippen LogP) is 1.63. The summed E-state index contributed by atoms with van der Waals surface area (Å²) >= 11 is 0. The topological polar surface area (TPSA) is 58.6 Å². The van der Waals surface area contributed by atoms with Crippen LogP contribution in [0.15, 0.2) is 18.2 Å². The summed E-state index contributed by atoms with van der Waals surface area (Å²) in [5.74, 6) is -0.534. The molecule has 1 aromatic carbocycles. The van der Waals surface area contributed by atoms with E-state index in [1.165, 1.54) is 24.1 Å². The summed E-state index contributed by atoms with van der Waals surface area (Å²) in [4.78, 5) is 24.9. The van der Waals surface area contributed by atoms with Crippen LogP contribution in [-0.4, -0.2) is 36.9 Å². The molecule has 6 heteroatoms. The van der Waals surface area contributed by atoms with Gasteiger partial charge in [-0.05, 0) is 31.0 Å². The second kappa shape index (κ2) is 6.56. The van der Waals surface area contributed by atoms with Crippen LogP contribution in [0.3, 0.4) is 0 Å². The van der Waals surface area contributed by atoms with Crippen molar-refractivity contribution in [2.75, 3.05) is 20.2 Å². The van der Waals surface area contributed by atoms with Crippen molar-refractivity contribution in [2.45, 2.75) is 25.8 Å². The molecule has 1 aliphatic rings. The van der Waals surface area contributed by atoms with Crippen molar-refractivity contribution in [3.8, 4) is 5.75 Å². The molecule has 1 N–H and O–H groups in total.